The van der Waals surface area contributed by atoms with Crippen LogP contribution < -0.4 is 5.32 Å². The van der Waals surface area contributed by atoms with Gasteiger partial charge in [0.1, 0.15) is 0 Å². The van der Waals surface area contributed by atoms with E-state index in [-0.39, 0.29) is 0 Å². The molecule has 1 atom stereocenters. The van der Waals surface area contributed by atoms with Crippen LogP contribution in [-0.4, -0.2) is 23.1 Å². The standard InChI is InChI=1S/C13H14BrN3/c1-8-2-3-11-10(6-8)12(17-13(14)16-11)9-4-5-15-7-9/h2-3,6,9,15H,4-5,7H2,1H3. The zero-order chi connectivity index (χ0) is 11.8. The maximum absolute atomic E-state index is 4.59. The predicted molar refractivity (Wildman–Crippen MR) is 72.2 cm³/mol. The van der Waals surface area contributed by atoms with Crippen LogP contribution in [0.15, 0.2) is 22.9 Å². The second-order valence-electron chi connectivity index (χ2n) is 4.59. The van der Waals surface area contributed by atoms with Gasteiger partial charge in [-0.05, 0) is 48.0 Å². The van der Waals surface area contributed by atoms with Gasteiger partial charge < -0.3 is 5.32 Å². The van der Waals surface area contributed by atoms with Crippen LogP contribution in [0.2, 0.25) is 0 Å². The fourth-order valence-corrected chi connectivity index (χ4v) is 2.82. The smallest absolute Gasteiger partial charge is 0.197 e. The molecule has 3 rings (SSSR count). The van der Waals surface area contributed by atoms with E-state index in [0.717, 1.165) is 25.0 Å². The molecular formula is C13H14BrN3. The Balaban J connectivity index is 2.23. The van der Waals surface area contributed by atoms with Crippen molar-refractivity contribution in [2.75, 3.05) is 13.1 Å². The molecule has 0 aliphatic carbocycles. The summed E-state index contributed by atoms with van der Waals surface area (Å²) in [5.74, 6) is 0.513. The van der Waals surface area contributed by atoms with Crippen molar-refractivity contribution in [3.63, 3.8) is 0 Å². The molecule has 0 spiro atoms. The van der Waals surface area contributed by atoms with Crippen LogP contribution in [-0.2, 0) is 0 Å². The van der Waals surface area contributed by atoms with Gasteiger partial charge in [-0.2, -0.15) is 0 Å². The highest BCUT2D eigenvalue weighted by atomic mass is 79.9. The van der Waals surface area contributed by atoms with E-state index in [4.69, 9.17) is 0 Å². The predicted octanol–water partition coefficient (Wildman–Crippen LogP) is 2.78. The highest BCUT2D eigenvalue weighted by molar-refractivity contribution is 9.10. The molecule has 0 bridgehead atoms. The van der Waals surface area contributed by atoms with Gasteiger partial charge in [-0.25, -0.2) is 9.97 Å². The number of hydrogen-bond acceptors (Lipinski definition) is 3. The third-order valence-corrected chi connectivity index (χ3v) is 3.66. The third kappa shape index (κ3) is 2.07. The van der Waals surface area contributed by atoms with Crippen molar-refractivity contribution in [1.82, 2.24) is 15.3 Å². The maximum atomic E-state index is 4.59. The van der Waals surface area contributed by atoms with E-state index in [0.29, 0.717) is 10.7 Å². The van der Waals surface area contributed by atoms with E-state index in [1.54, 1.807) is 0 Å². The molecule has 1 N–H and O–H groups in total. The Kier molecular flexibility index (Phi) is 2.84. The van der Waals surface area contributed by atoms with Crippen LogP contribution in [0.3, 0.4) is 0 Å². The van der Waals surface area contributed by atoms with E-state index in [1.807, 2.05) is 0 Å². The fraction of sp³-hybridized carbons (Fsp3) is 0.385. The molecule has 1 saturated heterocycles. The van der Waals surface area contributed by atoms with Crippen molar-refractivity contribution < 1.29 is 0 Å². The number of fused-ring (bicyclic) bond motifs is 1. The van der Waals surface area contributed by atoms with E-state index in [1.165, 1.54) is 16.6 Å². The Hall–Kier alpha value is -1.00. The molecule has 3 nitrogen and oxygen atoms in total. The van der Waals surface area contributed by atoms with E-state index in [2.05, 4.69) is 56.3 Å². The van der Waals surface area contributed by atoms with E-state index >= 15 is 0 Å². The molecule has 2 heterocycles. The first-order valence-electron chi connectivity index (χ1n) is 5.88. The molecule has 1 aromatic heterocycles. The first kappa shape index (κ1) is 11.1. The third-order valence-electron chi connectivity index (χ3n) is 3.30. The minimum atomic E-state index is 0.513. The van der Waals surface area contributed by atoms with E-state index < -0.39 is 0 Å². The molecule has 1 aromatic carbocycles. The Morgan fingerprint density at radius 3 is 3.00 bits per heavy atom. The average Bonchev–Trinajstić information content (AvgIpc) is 2.82. The largest absolute Gasteiger partial charge is 0.316 e. The van der Waals surface area contributed by atoms with Crippen LogP contribution in [0.5, 0.6) is 0 Å². The fourth-order valence-electron chi connectivity index (χ4n) is 2.44. The molecule has 1 aliphatic heterocycles. The van der Waals surface area contributed by atoms with Crippen molar-refractivity contribution in [2.45, 2.75) is 19.3 Å². The molecule has 0 radical (unpaired) electrons. The molecule has 17 heavy (non-hydrogen) atoms. The molecule has 1 fully saturated rings. The summed E-state index contributed by atoms with van der Waals surface area (Å²) in [7, 11) is 0. The van der Waals surface area contributed by atoms with Crippen molar-refractivity contribution in [3.8, 4) is 0 Å². The number of aryl methyl sites for hydroxylation is 1. The molecule has 0 saturated carbocycles. The number of aromatic nitrogens is 2. The second-order valence-corrected chi connectivity index (χ2v) is 5.30. The van der Waals surface area contributed by atoms with Gasteiger partial charge in [0.15, 0.2) is 4.73 Å². The minimum Gasteiger partial charge on any atom is -0.316 e. The van der Waals surface area contributed by atoms with Crippen LogP contribution in [0.1, 0.15) is 23.6 Å². The number of rotatable bonds is 1. The lowest BCUT2D eigenvalue weighted by Crippen LogP contribution is -2.10. The molecule has 4 heteroatoms. The summed E-state index contributed by atoms with van der Waals surface area (Å²) in [4.78, 5) is 9.02. The zero-order valence-corrected chi connectivity index (χ0v) is 11.3. The van der Waals surface area contributed by atoms with Crippen molar-refractivity contribution in [1.29, 1.82) is 0 Å². The Morgan fingerprint density at radius 1 is 1.35 bits per heavy atom. The van der Waals surface area contributed by atoms with Gasteiger partial charge >= 0.3 is 0 Å². The van der Waals surface area contributed by atoms with Crippen molar-refractivity contribution in [2.24, 2.45) is 0 Å². The monoisotopic (exact) mass is 291 g/mol. The summed E-state index contributed by atoms with van der Waals surface area (Å²) < 4.78 is 0.691. The summed E-state index contributed by atoms with van der Waals surface area (Å²) in [6.45, 7) is 4.21. The van der Waals surface area contributed by atoms with Gasteiger partial charge in [0.25, 0.3) is 0 Å². The normalized spacial score (nSPS) is 20.0. The molecule has 2 aromatic rings. The number of nitrogens with zero attached hydrogens (tertiary/aromatic N) is 2. The lowest BCUT2D eigenvalue weighted by molar-refractivity contribution is 0.737. The topological polar surface area (TPSA) is 37.8 Å². The first-order valence-corrected chi connectivity index (χ1v) is 6.68. The molecular weight excluding hydrogens is 278 g/mol. The van der Waals surface area contributed by atoms with Gasteiger partial charge in [0, 0.05) is 17.8 Å². The molecule has 0 amide bonds. The lowest BCUT2D eigenvalue weighted by Gasteiger charge is -2.12. The summed E-state index contributed by atoms with van der Waals surface area (Å²) >= 11 is 3.41. The van der Waals surface area contributed by atoms with Crippen LogP contribution in [0.4, 0.5) is 0 Å². The average molecular weight is 292 g/mol. The number of nitrogens with one attached hydrogen (secondary N) is 1. The SMILES string of the molecule is Cc1ccc2nc(Br)nc(C3CCNC3)c2c1. The number of halogens is 1. The summed E-state index contributed by atoms with van der Waals surface area (Å²) in [5, 5.41) is 4.59. The highest BCUT2D eigenvalue weighted by Gasteiger charge is 2.21. The maximum Gasteiger partial charge on any atom is 0.197 e. The molecule has 1 aliphatic rings. The van der Waals surface area contributed by atoms with Gasteiger partial charge in [0.2, 0.25) is 0 Å². The zero-order valence-electron chi connectivity index (χ0n) is 9.70. The summed E-state index contributed by atoms with van der Waals surface area (Å²) in [6.07, 6.45) is 1.16. The van der Waals surface area contributed by atoms with Gasteiger partial charge in [-0.15, -0.1) is 0 Å². The quantitative estimate of drug-likeness (QED) is 0.821. The van der Waals surface area contributed by atoms with Gasteiger partial charge in [0.05, 0.1) is 11.2 Å². The molecule has 88 valence electrons. The summed E-state index contributed by atoms with van der Waals surface area (Å²) in [5.41, 5.74) is 3.46. The van der Waals surface area contributed by atoms with Crippen LogP contribution >= 0.6 is 15.9 Å². The Bertz CT molecular complexity index is 562. The number of hydrogen-bond donors (Lipinski definition) is 1. The summed E-state index contributed by atoms with van der Waals surface area (Å²) in [6, 6.07) is 6.36. The first-order chi connectivity index (χ1) is 8.24. The van der Waals surface area contributed by atoms with Crippen LogP contribution in [0, 0.1) is 6.92 Å². The Morgan fingerprint density at radius 2 is 2.24 bits per heavy atom. The molecule has 1 unspecified atom stereocenters. The number of benzene rings is 1. The van der Waals surface area contributed by atoms with Crippen molar-refractivity contribution >= 4 is 26.8 Å². The lowest BCUT2D eigenvalue weighted by atomic mass is 9.99. The Labute approximate surface area is 109 Å². The van der Waals surface area contributed by atoms with E-state index in [9.17, 15) is 0 Å². The van der Waals surface area contributed by atoms with Crippen LogP contribution in [0.25, 0.3) is 10.9 Å². The second kappa shape index (κ2) is 4.35. The minimum absolute atomic E-state index is 0.513. The van der Waals surface area contributed by atoms with Gasteiger partial charge in [-0.3, -0.25) is 0 Å². The highest BCUT2D eigenvalue weighted by Crippen LogP contribution is 2.28. The van der Waals surface area contributed by atoms with Crippen molar-refractivity contribution in [3.05, 3.63) is 34.2 Å². The van der Waals surface area contributed by atoms with Gasteiger partial charge in [-0.1, -0.05) is 11.6 Å².